The molecule has 3 aromatic carbocycles. The zero-order valence-electron chi connectivity index (χ0n) is 30.5. The molecule has 1 aliphatic rings. The van der Waals surface area contributed by atoms with Gasteiger partial charge in [0.25, 0.3) is 5.91 Å². The number of alkyl halides is 6. The van der Waals surface area contributed by atoms with Gasteiger partial charge in [0, 0.05) is 47.9 Å². The molecule has 1 aliphatic heterocycles. The number of hydroxylamine groups is 1. The number of methoxy groups -OCH3 is 2. The highest BCUT2D eigenvalue weighted by Gasteiger charge is 2.42. The van der Waals surface area contributed by atoms with Crippen LogP contribution in [0.4, 0.5) is 26.3 Å². The second-order valence-corrected chi connectivity index (χ2v) is 12.5. The van der Waals surface area contributed by atoms with E-state index in [1.54, 1.807) is 44.0 Å². The quantitative estimate of drug-likeness (QED) is 0.0708. The van der Waals surface area contributed by atoms with Crippen LogP contribution < -0.4 is 25.0 Å². The van der Waals surface area contributed by atoms with Gasteiger partial charge in [-0.2, -0.15) is 26.3 Å². The number of carbonyl (C=O) groups excluding carboxylic acids is 2. The normalized spacial score (nSPS) is 15.3. The van der Waals surface area contributed by atoms with Gasteiger partial charge in [-0.3, -0.25) is 24.7 Å². The van der Waals surface area contributed by atoms with Gasteiger partial charge in [-0.25, -0.2) is 15.1 Å². The van der Waals surface area contributed by atoms with Gasteiger partial charge in [-0.05, 0) is 67.4 Å². The molecule has 1 unspecified atom stereocenters. The highest BCUT2D eigenvalue weighted by Crippen LogP contribution is 2.30. The minimum Gasteiger partial charge on any atom is -0.497 e. The molecular formula is C37H38F6N4O10. The van der Waals surface area contributed by atoms with Gasteiger partial charge in [-0.15, -0.1) is 0 Å². The summed E-state index contributed by atoms with van der Waals surface area (Å²) in [5.74, 6) is -4.38. The van der Waals surface area contributed by atoms with Gasteiger partial charge < -0.3 is 29.7 Å². The number of aromatic nitrogens is 1. The number of likely N-dealkylation sites (tertiary alicyclic amines) is 1. The lowest BCUT2D eigenvalue weighted by molar-refractivity contribution is -0.193. The van der Waals surface area contributed by atoms with Crippen LogP contribution in [0.3, 0.4) is 0 Å². The summed E-state index contributed by atoms with van der Waals surface area (Å²) in [6.07, 6.45) is -9.69. The van der Waals surface area contributed by atoms with Crippen LogP contribution in [0.2, 0.25) is 0 Å². The van der Waals surface area contributed by atoms with Crippen molar-refractivity contribution in [2.45, 2.75) is 50.8 Å². The molecule has 20 heteroatoms. The second kappa shape index (κ2) is 19.6. The molecule has 1 saturated heterocycles. The third kappa shape index (κ3) is 13.8. The van der Waals surface area contributed by atoms with E-state index in [0.29, 0.717) is 55.5 Å². The van der Waals surface area contributed by atoms with Crippen LogP contribution >= 0.6 is 0 Å². The van der Waals surface area contributed by atoms with E-state index in [9.17, 15) is 41.1 Å². The maximum Gasteiger partial charge on any atom is 0.490 e. The maximum atomic E-state index is 13.4. The Morgan fingerprint density at radius 2 is 1.40 bits per heavy atom. The number of para-hydroxylation sites is 1. The van der Waals surface area contributed by atoms with E-state index in [4.69, 9.17) is 34.0 Å². The number of nitrogens with one attached hydrogen (secondary N) is 2. The number of hydrogen-bond acceptors (Lipinski definition) is 10. The summed E-state index contributed by atoms with van der Waals surface area (Å²) in [5, 5.41) is 27.6. The van der Waals surface area contributed by atoms with Gasteiger partial charge in [0.1, 0.15) is 23.9 Å². The zero-order chi connectivity index (χ0) is 42.6. The third-order valence-corrected chi connectivity index (χ3v) is 8.18. The number of aryl methyl sites for hydroxylation is 1. The predicted octanol–water partition coefficient (Wildman–Crippen LogP) is 5.68. The molecule has 4 aromatic rings. The number of pyridine rings is 1. The van der Waals surface area contributed by atoms with Gasteiger partial charge in [0.15, 0.2) is 0 Å². The van der Waals surface area contributed by atoms with Gasteiger partial charge in [0.2, 0.25) is 5.91 Å². The first kappa shape index (κ1) is 45.2. The monoisotopic (exact) mass is 812 g/mol. The Kier molecular flexibility index (Phi) is 15.6. The van der Waals surface area contributed by atoms with Gasteiger partial charge in [-0.1, -0.05) is 18.2 Å². The van der Waals surface area contributed by atoms with Gasteiger partial charge in [0.05, 0.1) is 31.7 Å². The minimum atomic E-state index is -5.08. The molecule has 57 heavy (non-hydrogen) atoms. The van der Waals surface area contributed by atoms with E-state index in [2.05, 4.69) is 15.2 Å². The summed E-state index contributed by atoms with van der Waals surface area (Å²) in [4.78, 5) is 50.2. The number of nitrogens with zero attached hydrogens (tertiary/aromatic N) is 2. The summed E-state index contributed by atoms with van der Waals surface area (Å²) in [7, 11) is 3.20. The second-order valence-electron chi connectivity index (χ2n) is 12.5. The summed E-state index contributed by atoms with van der Waals surface area (Å²) < 4.78 is 80.3. The fourth-order valence-corrected chi connectivity index (χ4v) is 5.64. The average Bonchev–Trinajstić information content (AvgIpc) is 3.54. The molecule has 14 nitrogen and oxygen atoms in total. The Bertz CT molecular complexity index is 1980. The van der Waals surface area contributed by atoms with E-state index >= 15 is 0 Å². The molecule has 0 radical (unpaired) electrons. The van der Waals surface area contributed by atoms with Crippen molar-refractivity contribution in [3.05, 3.63) is 95.2 Å². The fraction of sp³-hybridized carbons (Fsp3) is 0.324. The predicted molar refractivity (Wildman–Crippen MR) is 189 cm³/mol. The molecule has 2 amide bonds. The SMILES string of the molecule is COc1cc(CN2CCC(CC(=O)NO)(NC(=O)c3ccc(OCc4cc(C)nc5ccccc45)cc3)C2)cc(OC)c1.O=C(O)C(F)(F)F.O=C(O)C(F)(F)F. The molecule has 0 spiro atoms. The largest absolute Gasteiger partial charge is 0.497 e. The highest BCUT2D eigenvalue weighted by molar-refractivity contribution is 5.95. The van der Waals surface area contributed by atoms with Crippen molar-refractivity contribution in [3.8, 4) is 17.2 Å². The molecule has 0 bridgehead atoms. The number of carboxylic acid groups (broad SMARTS) is 2. The molecule has 1 aromatic heterocycles. The summed E-state index contributed by atoms with van der Waals surface area (Å²) in [6, 6.07) is 22.6. The van der Waals surface area contributed by atoms with Crippen molar-refractivity contribution in [2.24, 2.45) is 0 Å². The Morgan fingerprint density at radius 1 is 0.842 bits per heavy atom. The summed E-state index contributed by atoms with van der Waals surface area (Å²) >= 11 is 0. The number of halogens is 6. The Labute approximate surface area is 320 Å². The van der Waals surface area contributed by atoms with E-state index < -0.39 is 35.7 Å². The van der Waals surface area contributed by atoms with Crippen LogP contribution in [-0.2, 0) is 27.5 Å². The number of carboxylic acids is 2. The molecular weight excluding hydrogens is 774 g/mol. The van der Waals surface area contributed by atoms with Crippen LogP contribution in [0.1, 0.15) is 40.0 Å². The highest BCUT2D eigenvalue weighted by atomic mass is 19.4. The summed E-state index contributed by atoms with van der Waals surface area (Å²) in [6.45, 7) is 3.97. The summed E-state index contributed by atoms with van der Waals surface area (Å²) in [5.41, 5.74) is 5.15. The van der Waals surface area contributed by atoms with E-state index in [0.717, 1.165) is 27.7 Å². The number of fused-ring (bicyclic) bond motifs is 1. The Hall–Kier alpha value is -6.15. The van der Waals surface area contributed by atoms with E-state index in [-0.39, 0.29) is 12.3 Å². The standard InChI is InChI=1S/C33H36N4O6.2C2HF3O2/c1-22-14-25(29-6-4-5-7-30(29)34-22)20-43-26-10-8-24(9-11-26)32(39)35-33(18-31(38)36-40)12-13-37(21-33)19-23-15-27(41-2)17-28(16-23)42-3;2*3-2(4,5)1(6)7/h4-11,14-17,40H,12-13,18-21H2,1-3H3,(H,35,39)(H,36,38);2*(H,6,7). The van der Waals surface area contributed by atoms with Crippen LogP contribution in [0.5, 0.6) is 17.2 Å². The lowest BCUT2D eigenvalue weighted by Gasteiger charge is -2.30. The number of hydrogen-bond donors (Lipinski definition) is 5. The average molecular weight is 813 g/mol. The number of ether oxygens (including phenoxy) is 3. The molecule has 1 atom stereocenters. The minimum absolute atomic E-state index is 0.0618. The van der Waals surface area contributed by atoms with Crippen molar-refractivity contribution in [1.29, 1.82) is 0 Å². The lowest BCUT2D eigenvalue weighted by atomic mass is 9.93. The topological polar surface area (TPSA) is 197 Å². The van der Waals surface area contributed by atoms with Crippen molar-refractivity contribution >= 4 is 34.7 Å². The lowest BCUT2D eigenvalue weighted by Crippen LogP contribution is -2.52. The third-order valence-electron chi connectivity index (χ3n) is 8.18. The first-order valence-electron chi connectivity index (χ1n) is 16.6. The molecule has 5 rings (SSSR count). The first-order valence-corrected chi connectivity index (χ1v) is 16.6. The van der Waals surface area contributed by atoms with Crippen LogP contribution in [0.25, 0.3) is 10.9 Å². The first-order chi connectivity index (χ1) is 26.7. The number of benzene rings is 3. The number of rotatable bonds is 11. The van der Waals surface area contributed by atoms with E-state index in [1.165, 1.54) is 0 Å². The van der Waals surface area contributed by atoms with Crippen molar-refractivity contribution in [1.82, 2.24) is 20.7 Å². The Balaban J connectivity index is 0.000000531. The molecule has 0 saturated carbocycles. The maximum absolute atomic E-state index is 13.4. The molecule has 1 fully saturated rings. The van der Waals surface area contributed by atoms with Gasteiger partial charge >= 0.3 is 24.3 Å². The Morgan fingerprint density at radius 3 is 1.93 bits per heavy atom. The van der Waals surface area contributed by atoms with Crippen LogP contribution in [0, 0.1) is 6.92 Å². The van der Waals surface area contributed by atoms with Crippen LogP contribution in [0.15, 0.2) is 72.8 Å². The molecule has 5 N–H and O–H groups in total. The van der Waals surface area contributed by atoms with Crippen molar-refractivity contribution in [3.63, 3.8) is 0 Å². The zero-order valence-corrected chi connectivity index (χ0v) is 30.5. The van der Waals surface area contributed by atoms with Crippen molar-refractivity contribution in [2.75, 3.05) is 27.3 Å². The number of aliphatic carboxylic acids is 2. The van der Waals surface area contributed by atoms with Crippen LogP contribution in [-0.4, -0.2) is 94.3 Å². The molecule has 308 valence electrons. The number of amides is 2. The fourth-order valence-electron chi connectivity index (χ4n) is 5.64. The smallest absolute Gasteiger partial charge is 0.490 e. The molecule has 0 aliphatic carbocycles. The van der Waals surface area contributed by atoms with E-state index in [1.807, 2.05) is 55.5 Å². The molecule has 2 heterocycles. The number of carbonyl (C=O) groups is 4. The van der Waals surface area contributed by atoms with Crippen molar-refractivity contribution < 1.29 is 75.2 Å².